The van der Waals surface area contributed by atoms with Crippen molar-refractivity contribution in [1.29, 1.82) is 0 Å². The molecule has 1 saturated heterocycles. The van der Waals surface area contributed by atoms with E-state index in [1.807, 2.05) is 20.8 Å². The zero-order chi connectivity index (χ0) is 16.7. The van der Waals surface area contributed by atoms with Crippen LogP contribution in [-0.4, -0.2) is 23.5 Å². The summed E-state index contributed by atoms with van der Waals surface area (Å²) in [5.74, 6) is -1.82. The zero-order valence-corrected chi connectivity index (χ0v) is 14.0. The molecule has 0 spiro atoms. The Kier molecular flexibility index (Phi) is 4.64. The van der Waals surface area contributed by atoms with Crippen molar-refractivity contribution in [3.63, 3.8) is 0 Å². The Hall–Kier alpha value is -1.39. The predicted octanol–water partition coefficient (Wildman–Crippen LogP) is 2.72. The molecule has 5 unspecified atom stereocenters. The summed E-state index contributed by atoms with van der Waals surface area (Å²) in [5.41, 5.74) is -0.509. The lowest BCUT2D eigenvalue weighted by Gasteiger charge is -2.37. The van der Waals surface area contributed by atoms with E-state index in [1.54, 1.807) is 6.92 Å². The van der Waals surface area contributed by atoms with Crippen LogP contribution in [0.2, 0.25) is 0 Å². The molecule has 2 rings (SSSR count). The maximum absolute atomic E-state index is 12.3. The van der Waals surface area contributed by atoms with Gasteiger partial charge in [0.05, 0.1) is 17.8 Å². The third-order valence-corrected chi connectivity index (χ3v) is 4.84. The summed E-state index contributed by atoms with van der Waals surface area (Å²) in [4.78, 5) is 35.9. The summed E-state index contributed by atoms with van der Waals surface area (Å²) in [5, 5.41) is 0. The minimum atomic E-state index is -0.509. The summed E-state index contributed by atoms with van der Waals surface area (Å²) in [6.45, 7) is 9.37. The molecule has 1 saturated carbocycles. The molecule has 22 heavy (non-hydrogen) atoms. The van der Waals surface area contributed by atoms with E-state index in [0.29, 0.717) is 12.3 Å². The Morgan fingerprint density at radius 3 is 2.27 bits per heavy atom. The third kappa shape index (κ3) is 3.50. The van der Waals surface area contributed by atoms with Gasteiger partial charge in [0.1, 0.15) is 5.60 Å². The van der Waals surface area contributed by atoms with Crippen molar-refractivity contribution in [1.82, 2.24) is 0 Å². The van der Waals surface area contributed by atoms with E-state index >= 15 is 0 Å². The van der Waals surface area contributed by atoms with Crippen LogP contribution in [0.1, 0.15) is 53.9 Å². The van der Waals surface area contributed by atoms with Gasteiger partial charge in [-0.1, -0.05) is 13.8 Å². The molecule has 0 bridgehead atoms. The summed E-state index contributed by atoms with van der Waals surface area (Å²) < 4.78 is 10.2. The first kappa shape index (κ1) is 17.0. The third-order valence-electron chi connectivity index (χ3n) is 4.84. The molecule has 0 aromatic carbocycles. The topological polar surface area (TPSA) is 69.7 Å². The summed E-state index contributed by atoms with van der Waals surface area (Å²) in [6, 6.07) is 0. The van der Waals surface area contributed by atoms with E-state index in [1.165, 1.54) is 0 Å². The molecule has 2 fully saturated rings. The van der Waals surface area contributed by atoms with Crippen LogP contribution >= 0.6 is 0 Å². The largest absolute Gasteiger partial charge is 0.460 e. The normalized spacial score (nSPS) is 36.1. The van der Waals surface area contributed by atoms with Gasteiger partial charge >= 0.3 is 17.9 Å². The maximum Gasteiger partial charge on any atom is 0.317 e. The molecular formula is C17H26O5. The second-order valence-corrected chi connectivity index (χ2v) is 7.74. The number of carbonyl (C=O) groups excluding carboxylic acids is 3. The number of hydrogen-bond donors (Lipinski definition) is 0. The first-order chi connectivity index (χ1) is 10.1. The monoisotopic (exact) mass is 310 g/mol. The lowest BCUT2D eigenvalue weighted by molar-refractivity contribution is -0.164. The Morgan fingerprint density at radius 2 is 1.77 bits per heavy atom. The van der Waals surface area contributed by atoms with Crippen molar-refractivity contribution in [3.05, 3.63) is 0 Å². The van der Waals surface area contributed by atoms with Crippen molar-refractivity contribution < 1.29 is 23.9 Å². The highest BCUT2D eigenvalue weighted by atomic mass is 16.6. The van der Waals surface area contributed by atoms with Gasteiger partial charge in [0.15, 0.2) is 0 Å². The number of ether oxygens (including phenoxy) is 2. The number of esters is 3. The van der Waals surface area contributed by atoms with Crippen LogP contribution in [0.5, 0.6) is 0 Å². The van der Waals surface area contributed by atoms with E-state index in [4.69, 9.17) is 9.47 Å². The van der Waals surface area contributed by atoms with Crippen LogP contribution in [0.3, 0.4) is 0 Å². The number of rotatable bonds is 2. The Bertz CT molecular complexity index is 476. The molecule has 5 atom stereocenters. The minimum absolute atomic E-state index is 0.000202. The molecule has 2 aliphatic rings. The van der Waals surface area contributed by atoms with Crippen LogP contribution in [0, 0.1) is 29.6 Å². The van der Waals surface area contributed by atoms with Gasteiger partial charge in [0, 0.05) is 0 Å². The molecule has 0 radical (unpaired) electrons. The molecular weight excluding hydrogens is 284 g/mol. The van der Waals surface area contributed by atoms with Gasteiger partial charge in [-0.05, 0) is 51.9 Å². The minimum Gasteiger partial charge on any atom is -0.460 e. The highest BCUT2D eigenvalue weighted by Crippen LogP contribution is 2.44. The maximum atomic E-state index is 12.3. The summed E-state index contributed by atoms with van der Waals surface area (Å²) >= 11 is 0. The van der Waals surface area contributed by atoms with Crippen molar-refractivity contribution in [2.24, 2.45) is 29.6 Å². The van der Waals surface area contributed by atoms with Crippen molar-refractivity contribution in [2.45, 2.75) is 59.5 Å². The molecule has 5 heteroatoms. The molecule has 1 aliphatic carbocycles. The second-order valence-electron chi connectivity index (χ2n) is 7.74. The average molecular weight is 310 g/mol. The lowest BCUT2D eigenvalue weighted by atomic mass is 9.67. The number of carbonyl (C=O) groups is 3. The first-order valence-electron chi connectivity index (χ1n) is 8.08. The smallest absolute Gasteiger partial charge is 0.317 e. The van der Waals surface area contributed by atoms with Gasteiger partial charge in [0.25, 0.3) is 0 Å². The fourth-order valence-electron chi connectivity index (χ4n) is 3.61. The number of hydrogen-bond acceptors (Lipinski definition) is 5. The first-order valence-corrected chi connectivity index (χ1v) is 8.08. The average Bonchev–Trinajstić information content (AvgIpc) is 2.62. The second kappa shape index (κ2) is 6.01. The summed E-state index contributed by atoms with van der Waals surface area (Å²) in [7, 11) is 0. The Morgan fingerprint density at radius 1 is 1.14 bits per heavy atom. The molecule has 0 N–H and O–H groups in total. The van der Waals surface area contributed by atoms with E-state index in [-0.39, 0.29) is 17.8 Å². The van der Waals surface area contributed by atoms with E-state index in [0.717, 1.165) is 12.8 Å². The number of cyclic esters (lactones) is 2. The molecule has 1 heterocycles. The molecule has 1 aliphatic heterocycles. The van der Waals surface area contributed by atoms with Crippen LogP contribution < -0.4 is 0 Å². The van der Waals surface area contributed by atoms with E-state index < -0.39 is 29.4 Å². The van der Waals surface area contributed by atoms with Gasteiger partial charge in [-0.25, -0.2) is 0 Å². The summed E-state index contributed by atoms with van der Waals surface area (Å²) in [6.07, 6.45) is 2.23. The highest BCUT2D eigenvalue weighted by Gasteiger charge is 2.49. The van der Waals surface area contributed by atoms with E-state index in [2.05, 4.69) is 6.92 Å². The van der Waals surface area contributed by atoms with Crippen LogP contribution in [0.15, 0.2) is 0 Å². The Labute approximate surface area is 131 Å². The molecule has 0 aromatic heterocycles. The fraction of sp³-hybridized carbons (Fsp3) is 0.824. The molecule has 124 valence electrons. The molecule has 0 aromatic rings. The molecule has 5 nitrogen and oxygen atoms in total. The standard InChI is InChI=1S/C17H26O5/c1-9-6-7-11(15(19)22-17(3,4)5)8-12(9)13-10(2)14(18)21-16(13)20/h9-13H,6-8H2,1-5H3. The van der Waals surface area contributed by atoms with Gasteiger partial charge in [-0.15, -0.1) is 0 Å². The van der Waals surface area contributed by atoms with Gasteiger partial charge in [-0.3, -0.25) is 14.4 Å². The van der Waals surface area contributed by atoms with Crippen LogP contribution in [0.25, 0.3) is 0 Å². The van der Waals surface area contributed by atoms with Crippen molar-refractivity contribution >= 4 is 17.9 Å². The zero-order valence-electron chi connectivity index (χ0n) is 14.0. The van der Waals surface area contributed by atoms with Crippen LogP contribution in [-0.2, 0) is 23.9 Å². The Balaban J connectivity index is 2.10. The van der Waals surface area contributed by atoms with E-state index in [9.17, 15) is 14.4 Å². The van der Waals surface area contributed by atoms with Crippen LogP contribution in [0.4, 0.5) is 0 Å². The van der Waals surface area contributed by atoms with Crippen molar-refractivity contribution in [3.8, 4) is 0 Å². The quantitative estimate of drug-likeness (QED) is 0.579. The molecule has 0 amide bonds. The fourth-order valence-corrected chi connectivity index (χ4v) is 3.61. The predicted molar refractivity (Wildman–Crippen MR) is 79.6 cm³/mol. The highest BCUT2D eigenvalue weighted by molar-refractivity contribution is 5.96. The SMILES string of the molecule is CC1CCC(C(=O)OC(C)(C)C)CC1C1C(=O)OC(=O)C1C. The van der Waals surface area contributed by atoms with Gasteiger partial charge in [0.2, 0.25) is 0 Å². The lowest BCUT2D eigenvalue weighted by Crippen LogP contribution is -2.38. The van der Waals surface area contributed by atoms with Gasteiger partial charge in [-0.2, -0.15) is 0 Å². The van der Waals surface area contributed by atoms with Gasteiger partial charge < -0.3 is 9.47 Å². The van der Waals surface area contributed by atoms with Crippen molar-refractivity contribution in [2.75, 3.05) is 0 Å².